The van der Waals surface area contributed by atoms with Crippen molar-refractivity contribution in [2.75, 3.05) is 31.1 Å². The number of fused-ring (bicyclic) bond motifs is 3. The first-order valence-corrected chi connectivity index (χ1v) is 17.3. The Hall–Kier alpha value is -3.35. The highest BCUT2D eigenvalue weighted by atomic mass is 32.2. The van der Waals surface area contributed by atoms with Gasteiger partial charge < -0.3 is 10.1 Å². The number of anilines is 1. The predicted molar refractivity (Wildman–Crippen MR) is 160 cm³/mol. The lowest BCUT2D eigenvalue weighted by molar-refractivity contribution is 0.246. The van der Waals surface area contributed by atoms with Gasteiger partial charge in [0.1, 0.15) is 17.3 Å². The first-order chi connectivity index (χ1) is 20.3. The van der Waals surface area contributed by atoms with Gasteiger partial charge in [-0.2, -0.15) is 4.31 Å². The largest absolute Gasteiger partial charge is 0.410 e. The number of halogens is 2. The number of hydrogen-bond acceptors (Lipinski definition) is 7. The zero-order chi connectivity index (χ0) is 30.7. The van der Waals surface area contributed by atoms with Gasteiger partial charge in [0.15, 0.2) is 9.84 Å². The van der Waals surface area contributed by atoms with Crippen molar-refractivity contribution >= 4 is 31.3 Å². The molecule has 2 aliphatic carbocycles. The van der Waals surface area contributed by atoms with E-state index in [1.807, 2.05) is 0 Å². The summed E-state index contributed by atoms with van der Waals surface area (Å²) in [5, 5.41) is 13.0. The van der Waals surface area contributed by atoms with Crippen molar-refractivity contribution < 1.29 is 30.8 Å². The molecule has 43 heavy (non-hydrogen) atoms. The van der Waals surface area contributed by atoms with Crippen LogP contribution in [0.25, 0.3) is 11.1 Å². The first-order valence-electron chi connectivity index (χ1n) is 14.3. The monoisotopic (exact) mass is 629 g/mol. The fourth-order valence-corrected chi connectivity index (χ4v) is 9.65. The van der Waals surface area contributed by atoms with Gasteiger partial charge >= 0.3 is 0 Å². The maximum Gasteiger partial charge on any atom is 0.243 e. The SMILES string of the molecule is CC1(C)CCC(S(=O)(=O)c2ccc3c(c2)/C(=N\O)c2cc(S(=O)(=O)N4CCN(c5cc(F)ccc5F)CC4)ccc2-3)CC1. The molecule has 1 saturated carbocycles. The van der Waals surface area contributed by atoms with Crippen molar-refractivity contribution in [1.82, 2.24) is 4.31 Å². The van der Waals surface area contributed by atoms with Crippen molar-refractivity contribution in [3.8, 4) is 11.1 Å². The smallest absolute Gasteiger partial charge is 0.243 e. The van der Waals surface area contributed by atoms with Crippen molar-refractivity contribution in [3.05, 3.63) is 77.4 Å². The topological polar surface area (TPSA) is 107 Å². The van der Waals surface area contributed by atoms with E-state index < -0.39 is 36.7 Å². The summed E-state index contributed by atoms with van der Waals surface area (Å²) in [5.74, 6) is -1.15. The molecule has 0 aromatic heterocycles. The van der Waals surface area contributed by atoms with Gasteiger partial charge in [-0.25, -0.2) is 25.6 Å². The van der Waals surface area contributed by atoms with Gasteiger partial charge in [-0.3, -0.25) is 0 Å². The van der Waals surface area contributed by atoms with Gasteiger partial charge in [0.25, 0.3) is 0 Å². The van der Waals surface area contributed by atoms with Crippen LogP contribution in [0.4, 0.5) is 14.5 Å². The minimum atomic E-state index is -3.98. The van der Waals surface area contributed by atoms with E-state index in [1.54, 1.807) is 23.1 Å². The third-order valence-corrected chi connectivity index (χ3v) is 13.2. The second-order valence-electron chi connectivity index (χ2n) is 12.3. The van der Waals surface area contributed by atoms with Gasteiger partial charge in [-0.15, -0.1) is 0 Å². The van der Waals surface area contributed by atoms with E-state index in [4.69, 9.17) is 0 Å². The van der Waals surface area contributed by atoms with E-state index in [9.17, 15) is 30.8 Å². The molecule has 1 aliphatic heterocycles. The molecule has 3 aromatic carbocycles. The molecule has 0 radical (unpaired) electrons. The fourth-order valence-electron chi connectivity index (χ4n) is 6.42. The molecule has 3 aromatic rings. The molecule has 228 valence electrons. The molecular weight excluding hydrogens is 596 g/mol. The molecular formula is C31H33F2N3O5S2. The van der Waals surface area contributed by atoms with E-state index >= 15 is 0 Å². The van der Waals surface area contributed by atoms with Gasteiger partial charge in [0.05, 0.1) is 20.7 Å². The number of nitrogens with zero attached hydrogens (tertiary/aromatic N) is 3. The molecule has 6 rings (SSSR count). The molecule has 1 N–H and O–H groups in total. The van der Waals surface area contributed by atoms with Crippen LogP contribution in [0.5, 0.6) is 0 Å². The first kappa shape index (κ1) is 29.7. The van der Waals surface area contributed by atoms with Crippen LogP contribution in [-0.4, -0.2) is 63.5 Å². The highest BCUT2D eigenvalue weighted by molar-refractivity contribution is 7.92. The molecule has 0 spiro atoms. The Morgan fingerprint density at radius 3 is 1.98 bits per heavy atom. The van der Waals surface area contributed by atoms with E-state index in [-0.39, 0.29) is 52.8 Å². The second kappa shape index (κ2) is 10.7. The summed E-state index contributed by atoms with van der Waals surface area (Å²) in [6.07, 6.45) is 2.82. The molecule has 8 nitrogen and oxygen atoms in total. The molecule has 0 unspecified atom stereocenters. The maximum atomic E-state index is 14.3. The lowest BCUT2D eigenvalue weighted by Crippen LogP contribution is -2.49. The number of rotatable bonds is 5. The number of benzene rings is 3. The fraction of sp³-hybridized carbons (Fsp3) is 0.387. The van der Waals surface area contributed by atoms with Crippen LogP contribution in [0.1, 0.15) is 50.7 Å². The lowest BCUT2D eigenvalue weighted by atomic mass is 9.77. The van der Waals surface area contributed by atoms with E-state index in [1.165, 1.54) is 22.5 Å². The van der Waals surface area contributed by atoms with Gasteiger partial charge in [0.2, 0.25) is 10.0 Å². The Bertz CT molecular complexity index is 1840. The quantitative estimate of drug-likeness (QED) is 0.233. The Balaban J connectivity index is 1.25. The van der Waals surface area contributed by atoms with Gasteiger partial charge in [-0.05, 0) is 78.6 Å². The average molecular weight is 630 g/mol. The highest BCUT2D eigenvalue weighted by Gasteiger charge is 2.37. The maximum absolute atomic E-state index is 14.3. The molecule has 0 atom stereocenters. The van der Waals surface area contributed by atoms with Gasteiger partial charge in [-0.1, -0.05) is 31.1 Å². The van der Waals surface area contributed by atoms with Gasteiger partial charge in [0, 0.05) is 43.4 Å². The Kier molecular flexibility index (Phi) is 7.37. The van der Waals surface area contributed by atoms with Crippen LogP contribution in [0.3, 0.4) is 0 Å². The van der Waals surface area contributed by atoms with E-state index in [2.05, 4.69) is 19.0 Å². The third kappa shape index (κ3) is 5.23. The normalized spacial score (nSPS) is 20.3. The van der Waals surface area contributed by atoms with Crippen molar-refractivity contribution in [2.24, 2.45) is 10.6 Å². The second-order valence-corrected chi connectivity index (χ2v) is 16.4. The van der Waals surface area contributed by atoms with Crippen LogP contribution in [-0.2, 0) is 19.9 Å². The molecule has 0 amide bonds. The zero-order valence-electron chi connectivity index (χ0n) is 23.9. The summed E-state index contributed by atoms with van der Waals surface area (Å²) in [4.78, 5) is 1.76. The summed E-state index contributed by atoms with van der Waals surface area (Å²) in [6, 6.07) is 12.5. The molecule has 1 heterocycles. The molecule has 1 saturated heterocycles. The Morgan fingerprint density at radius 2 is 1.37 bits per heavy atom. The number of oxime groups is 1. The predicted octanol–water partition coefficient (Wildman–Crippen LogP) is 5.43. The summed E-state index contributed by atoms with van der Waals surface area (Å²) >= 11 is 0. The minimum absolute atomic E-state index is 0.0109. The van der Waals surface area contributed by atoms with Crippen molar-refractivity contribution in [1.29, 1.82) is 0 Å². The van der Waals surface area contributed by atoms with Crippen LogP contribution in [0.15, 0.2) is 69.5 Å². The number of sulfone groups is 1. The van der Waals surface area contributed by atoms with Crippen LogP contribution < -0.4 is 4.90 Å². The van der Waals surface area contributed by atoms with Crippen LogP contribution in [0.2, 0.25) is 0 Å². The van der Waals surface area contributed by atoms with Crippen molar-refractivity contribution in [3.63, 3.8) is 0 Å². The molecule has 2 fully saturated rings. The zero-order valence-corrected chi connectivity index (χ0v) is 25.6. The van der Waals surface area contributed by atoms with E-state index in [0.717, 1.165) is 31.0 Å². The summed E-state index contributed by atoms with van der Waals surface area (Å²) in [5.41, 5.74) is 2.41. The number of hydrogen-bond donors (Lipinski definition) is 1. The number of sulfonamides is 1. The Labute approximate surface area is 250 Å². The average Bonchev–Trinajstić information content (AvgIpc) is 3.30. The van der Waals surface area contributed by atoms with Crippen LogP contribution >= 0.6 is 0 Å². The van der Waals surface area contributed by atoms with Crippen LogP contribution in [0, 0.1) is 17.0 Å². The minimum Gasteiger partial charge on any atom is -0.410 e. The molecule has 12 heteroatoms. The lowest BCUT2D eigenvalue weighted by Gasteiger charge is -2.35. The summed E-state index contributed by atoms with van der Waals surface area (Å²) < 4.78 is 83.6. The molecule has 0 bridgehead atoms. The summed E-state index contributed by atoms with van der Waals surface area (Å²) in [7, 11) is -7.59. The third-order valence-electron chi connectivity index (χ3n) is 9.06. The van der Waals surface area contributed by atoms with E-state index in [0.29, 0.717) is 35.1 Å². The summed E-state index contributed by atoms with van der Waals surface area (Å²) in [6.45, 7) is 4.78. The van der Waals surface area contributed by atoms with Crippen molar-refractivity contribution in [2.45, 2.75) is 54.6 Å². The highest BCUT2D eigenvalue weighted by Crippen LogP contribution is 2.42. The molecule has 3 aliphatic rings. The number of piperazine rings is 1. The Morgan fingerprint density at radius 1 is 0.791 bits per heavy atom. The standard InChI is InChI=1S/C31H33F2N3O5S2/c1-31(2)11-9-21(10-12-31)42(38,39)22-4-6-24-25-7-5-23(19-27(25)30(34-37)26(24)18-22)43(40,41)36-15-13-35(14-16-36)29-17-20(32)3-8-28(29)33/h3-8,17-19,21,37H,9-16H2,1-2H3/b34-30+.